The number of anilines is 2. The van der Waals surface area contributed by atoms with Gasteiger partial charge in [-0.3, -0.25) is 10.1 Å². The van der Waals surface area contributed by atoms with E-state index in [9.17, 15) is 20.0 Å². The number of carbonyl (C=O) groups is 1. The summed E-state index contributed by atoms with van der Waals surface area (Å²) >= 11 is 12.3. The van der Waals surface area contributed by atoms with E-state index >= 15 is 0 Å². The van der Waals surface area contributed by atoms with Gasteiger partial charge in [0, 0.05) is 40.8 Å². The molecule has 0 aliphatic rings. The van der Waals surface area contributed by atoms with E-state index in [1.807, 2.05) is 20.8 Å². The maximum atomic E-state index is 11.4. The summed E-state index contributed by atoms with van der Waals surface area (Å²) in [6.45, 7) is 6.28. The minimum atomic E-state index is -0.996. The van der Waals surface area contributed by atoms with Gasteiger partial charge in [-0.05, 0) is 39.3 Å². The zero-order chi connectivity index (χ0) is 23.2. The second-order valence-electron chi connectivity index (χ2n) is 7.62. The smallest absolute Gasteiger partial charge is 0.407 e. The first-order chi connectivity index (χ1) is 14.5. The molecule has 0 radical (unpaired) electrons. The highest BCUT2D eigenvalue weighted by Crippen LogP contribution is 2.27. The summed E-state index contributed by atoms with van der Waals surface area (Å²) in [4.78, 5) is 31.6. The van der Waals surface area contributed by atoms with Crippen LogP contribution in [0.2, 0.25) is 10.0 Å². The molecule has 0 spiro atoms. The largest absolute Gasteiger partial charge is 0.465 e. The molecule has 1 aromatic heterocycles. The van der Waals surface area contributed by atoms with Gasteiger partial charge in [-0.2, -0.15) is 4.98 Å². The number of hydrogen-bond donors (Lipinski definition) is 3. The number of carboxylic acid groups (broad SMARTS) is 1. The van der Waals surface area contributed by atoms with Crippen LogP contribution < -0.4 is 10.6 Å². The van der Waals surface area contributed by atoms with Crippen molar-refractivity contribution in [3.05, 3.63) is 50.1 Å². The van der Waals surface area contributed by atoms with E-state index in [1.54, 1.807) is 18.2 Å². The van der Waals surface area contributed by atoms with Crippen molar-refractivity contribution in [1.82, 2.24) is 14.9 Å². The zero-order valence-electron chi connectivity index (χ0n) is 17.4. The molecule has 0 saturated heterocycles. The minimum Gasteiger partial charge on any atom is -0.465 e. The molecule has 0 bridgehead atoms. The van der Waals surface area contributed by atoms with E-state index in [1.165, 1.54) is 4.90 Å². The van der Waals surface area contributed by atoms with Crippen molar-refractivity contribution < 1.29 is 14.8 Å². The standard InChI is InChI=1S/C19H24Cl2N6O4/c1-19(2,3)26(18(28)29)9-5-8-22-17-24-11-15(27(30)31)16(25-17)23-10-12-13(20)6-4-7-14(12)21/h4,6-7,11H,5,8-10H2,1-3H3,(H,28,29)(H2,22,23,24,25). The fourth-order valence-electron chi connectivity index (χ4n) is 2.75. The number of nitro groups is 1. The molecular formula is C19H24Cl2N6O4. The van der Waals surface area contributed by atoms with Gasteiger partial charge in [0.05, 0.1) is 4.92 Å². The first-order valence-electron chi connectivity index (χ1n) is 9.43. The third kappa shape index (κ3) is 6.83. The Balaban J connectivity index is 2.06. The number of hydrogen-bond acceptors (Lipinski definition) is 7. The Labute approximate surface area is 189 Å². The van der Waals surface area contributed by atoms with Crippen LogP contribution in [0.4, 0.5) is 22.2 Å². The molecule has 0 unspecified atom stereocenters. The van der Waals surface area contributed by atoms with Crippen LogP contribution in [-0.2, 0) is 6.54 Å². The van der Waals surface area contributed by atoms with Crippen molar-refractivity contribution in [2.75, 3.05) is 23.7 Å². The van der Waals surface area contributed by atoms with Gasteiger partial charge in [-0.1, -0.05) is 29.3 Å². The Bertz CT molecular complexity index is 931. The fourth-order valence-corrected chi connectivity index (χ4v) is 3.28. The normalized spacial score (nSPS) is 11.1. The predicted molar refractivity (Wildman–Crippen MR) is 120 cm³/mol. The Hall–Kier alpha value is -2.85. The van der Waals surface area contributed by atoms with Gasteiger partial charge in [0.2, 0.25) is 11.8 Å². The second-order valence-corrected chi connectivity index (χ2v) is 8.44. The van der Waals surface area contributed by atoms with Crippen molar-refractivity contribution in [3.63, 3.8) is 0 Å². The van der Waals surface area contributed by atoms with E-state index in [0.717, 1.165) is 6.20 Å². The first-order valence-corrected chi connectivity index (χ1v) is 10.2. The van der Waals surface area contributed by atoms with Gasteiger partial charge in [-0.15, -0.1) is 0 Å². The Kier molecular flexibility index (Phi) is 8.23. The van der Waals surface area contributed by atoms with Crippen LogP contribution in [0.3, 0.4) is 0 Å². The molecule has 31 heavy (non-hydrogen) atoms. The molecule has 3 N–H and O–H groups in total. The van der Waals surface area contributed by atoms with Crippen LogP contribution >= 0.6 is 23.2 Å². The zero-order valence-corrected chi connectivity index (χ0v) is 18.9. The van der Waals surface area contributed by atoms with E-state index in [4.69, 9.17) is 23.2 Å². The molecule has 0 aliphatic heterocycles. The number of rotatable bonds is 9. The maximum absolute atomic E-state index is 11.4. The average Bonchev–Trinajstić information content (AvgIpc) is 2.66. The van der Waals surface area contributed by atoms with Crippen LogP contribution in [0.15, 0.2) is 24.4 Å². The highest BCUT2D eigenvalue weighted by atomic mass is 35.5. The third-order valence-corrected chi connectivity index (χ3v) is 5.05. The van der Waals surface area contributed by atoms with Crippen LogP contribution in [0, 0.1) is 10.1 Å². The topological polar surface area (TPSA) is 134 Å². The van der Waals surface area contributed by atoms with Crippen molar-refractivity contribution in [2.45, 2.75) is 39.3 Å². The Morgan fingerprint density at radius 3 is 2.45 bits per heavy atom. The highest BCUT2D eigenvalue weighted by molar-refractivity contribution is 6.36. The minimum absolute atomic E-state index is 0.0142. The summed E-state index contributed by atoms with van der Waals surface area (Å²) in [7, 11) is 0. The number of nitrogens with one attached hydrogen (secondary N) is 2. The van der Waals surface area contributed by atoms with E-state index in [0.29, 0.717) is 35.1 Å². The summed E-state index contributed by atoms with van der Waals surface area (Å²) < 4.78 is 0. The Morgan fingerprint density at radius 2 is 1.90 bits per heavy atom. The quantitative estimate of drug-likeness (QED) is 0.268. The molecule has 1 aromatic carbocycles. The van der Waals surface area contributed by atoms with E-state index in [2.05, 4.69) is 20.6 Å². The molecule has 0 atom stereocenters. The van der Waals surface area contributed by atoms with Gasteiger partial charge >= 0.3 is 11.8 Å². The molecule has 10 nitrogen and oxygen atoms in total. The lowest BCUT2D eigenvalue weighted by molar-refractivity contribution is -0.384. The first kappa shape index (κ1) is 24.4. The summed E-state index contributed by atoms with van der Waals surface area (Å²) in [6.07, 6.45) is 0.607. The van der Waals surface area contributed by atoms with Crippen molar-refractivity contribution in [1.29, 1.82) is 0 Å². The number of halogens is 2. The highest BCUT2D eigenvalue weighted by Gasteiger charge is 2.25. The molecule has 2 rings (SSSR count). The van der Waals surface area contributed by atoms with Crippen molar-refractivity contribution in [3.8, 4) is 0 Å². The number of amides is 1. The molecule has 0 saturated carbocycles. The number of aromatic nitrogens is 2. The van der Waals surface area contributed by atoms with Crippen LogP contribution in [0.1, 0.15) is 32.8 Å². The van der Waals surface area contributed by atoms with Crippen molar-refractivity contribution in [2.24, 2.45) is 0 Å². The lowest BCUT2D eigenvalue weighted by Gasteiger charge is -2.33. The SMILES string of the molecule is CC(C)(C)N(CCCNc1ncc([N+](=O)[O-])c(NCc2c(Cl)cccc2Cl)n1)C(=O)O. The van der Waals surface area contributed by atoms with E-state index in [-0.39, 0.29) is 24.0 Å². The molecule has 1 amide bonds. The Morgan fingerprint density at radius 1 is 1.26 bits per heavy atom. The molecule has 1 heterocycles. The fraction of sp³-hybridized carbons (Fsp3) is 0.421. The maximum Gasteiger partial charge on any atom is 0.407 e. The molecule has 2 aromatic rings. The average molecular weight is 471 g/mol. The lowest BCUT2D eigenvalue weighted by atomic mass is 10.1. The summed E-state index contributed by atoms with van der Waals surface area (Å²) in [5.41, 5.74) is -0.227. The lowest BCUT2D eigenvalue weighted by Crippen LogP contribution is -2.45. The van der Waals surface area contributed by atoms with Gasteiger partial charge in [0.25, 0.3) is 0 Å². The monoisotopic (exact) mass is 470 g/mol. The number of nitrogens with zero attached hydrogens (tertiary/aromatic N) is 4. The van der Waals surface area contributed by atoms with Gasteiger partial charge in [0.15, 0.2) is 0 Å². The molecule has 0 aliphatic carbocycles. The molecule has 12 heteroatoms. The van der Waals surface area contributed by atoms with Crippen LogP contribution in [0.25, 0.3) is 0 Å². The van der Waals surface area contributed by atoms with Gasteiger partial charge in [0.1, 0.15) is 6.20 Å². The van der Waals surface area contributed by atoms with Crippen LogP contribution in [-0.4, -0.2) is 49.6 Å². The summed E-state index contributed by atoms with van der Waals surface area (Å²) in [5, 5.41) is 27.4. The molecular weight excluding hydrogens is 447 g/mol. The number of benzene rings is 1. The van der Waals surface area contributed by atoms with Gasteiger partial charge < -0.3 is 20.6 Å². The summed E-state index contributed by atoms with van der Waals surface area (Å²) in [5.74, 6) is 0.191. The molecule has 0 fully saturated rings. The molecule has 168 valence electrons. The van der Waals surface area contributed by atoms with E-state index < -0.39 is 16.6 Å². The third-order valence-electron chi connectivity index (χ3n) is 4.34. The second kappa shape index (κ2) is 10.5. The summed E-state index contributed by atoms with van der Waals surface area (Å²) in [6, 6.07) is 5.04. The van der Waals surface area contributed by atoms with Gasteiger partial charge in [-0.25, -0.2) is 9.78 Å². The van der Waals surface area contributed by atoms with Crippen molar-refractivity contribution >= 4 is 46.7 Å². The van der Waals surface area contributed by atoms with Crippen LogP contribution in [0.5, 0.6) is 0 Å². The predicted octanol–water partition coefficient (Wildman–Crippen LogP) is 4.88.